The number of hydrogen-bond acceptors (Lipinski definition) is 3. The molecular weight excluding hydrogens is 763 g/mol. The minimum Gasteiger partial charge on any atom is -0.308 e. The van der Waals surface area contributed by atoms with Gasteiger partial charge in [-0.05, 0) is 83.4 Å². The van der Waals surface area contributed by atoms with Gasteiger partial charge in [0.15, 0.2) is 0 Å². The molecule has 0 heterocycles. The Morgan fingerprint density at radius 1 is 0.175 bits per heavy atom. The summed E-state index contributed by atoms with van der Waals surface area (Å²) in [6.07, 6.45) is 0. The number of nitrogens with zero attached hydrogens (tertiary/aromatic N) is 3. The van der Waals surface area contributed by atoms with E-state index in [1.54, 1.807) is 0 Å². The lowest BCUT2D eigenvalue weighted by Crippen LogP contribution is -2.21. The Bertz CT molecular complexity index is 2780. The third kappa shape index (κ3) is 7.88. The molecule has 0 aliphatic carbocycles. The first-order chi connectivity index (χ1) is 31.3. The summed E-state index contributed by atoms with van der Waals surface area (Å²) in [4.78, 5) is 7.35. The van der Waals surface area contributed by atoms with E-state index in [1.165, 1.54) is 0 Å². The maximum atomic E-state index is 2.55. The zero-order chi connectivity index (χ0) is 42.2. The highest BCUT2D eigenvalue weighted by Crippen LogP contribution is 2.57. The Balaban J connectivity index is 1.41. The lowest BCUT2D eigenvalue weighted by Gasteiger charge is -2.39. The third-order valence-corrected chi connectivity index (χ3v) is 11.4. The van der Waals surface area contributed by atoms with E-state index in [0.29, 0.717) is 0 Å². The molecular formula is C60H45N3. The van der Waals surface area contributed by atoms with E-state index < -0.39 is 0 Å². The first-order valence-electron chi connectivity index (χ1n) is 21.5. The van der Waals surface area contributed by atoms with Gasteiger partial charge >= 0.3 is 0 Å². The highest BCUT2D eigenvalue weighted by Gasteiger charge is 2.32. The summed E-state index contributed by atoms with van der Waals surface area (Å²) in [5.41, 5.74) is 16.0. The van der Waals surface area contributed by atoms with Crippen molar-refractivity contribution in [1.82, 2.24) is 0 Å². The van der Waals surface area contributed by atoms with Crippen molar-refractivity contribution < 1.29 is 0 Å². The number of rotatable bonds is 12. The summed E-state index contributed by atoms with van der Waals surface area (Å²) in [5, 5.41) is 0. The SMILES string of the molecule is c1ccc(-c2ccccc2N(c2c(-c3ccccc3)cccc2N(c2ccccc2)c2ccccc2)c2c(-c3ccccc3)cccc2N(c2ccccc2)c2ccccc2)cc1. The molecule has 300 valence electrons. The average Bonchev–Trinajstić information content (AvgIpc) is 3.37. The monoisotopic (exact) mass is 807 g/mol. The van der Waals surface area contributed by atoms with Crippen LogP contribution in [0, 0.1) is 0 Å². The minimum absolute atomic E-state index is 1.02. The Morgan fingerprint density at radius 2 is 0.429 bits per heavy atom. The van der Waals surface area contributed by atoms with E-state index in [1.807, 2.05) is 0 Å². The molecule has 0 saturated heterocycles. The molecule has 0 aliphatic rings. The molecule has 0 fully saturated rings. The van der Waals surface area contributed by atoms with Crippen LogP contribution < -0.4 is 14.7 Å². The van der Waals surface area contributed by atoms with Crippen molar-refractivity contribution in [2.45, 2.75) is 0 Å². The Hall–Kier alpha value is -8.40. The maximum Gasteiger partial charge on any atom is 0.0782 e. The van der Waals surface area contributed by atoms with Crippen LogP contribution in [0.1, 0.15) is 0 Å². The van der Waals surface area contributed by atoms with Crippen LogP contribution in [0.3, 0.4) is 0 Å². The molecule has 0 aliphatic heterocycles. The predicted molar refractivity (Wildman–Crippen MR) is 267 cm³/mol. The van der Waals surface area contributed by atoms with Crippen molar-refractivity contribution >= 4 is 51.2 Å². The molecule has 63 heavy (non-hydrogen) atoms. The second-order valence-corrected chi connectivity index (χ2v) is 15.3. The second-order valence-electron chi connectivity index (χ2n) is 15.3. The zero-order valence-corrected chi connectivity index (χ0v) is 34.8. The highest BCUT2D eigenvalue weighted by atomic mass is 15.2. The van der Waals surface area contributed by atoms with E-state index in [4.69, 9.17) is 0 Å². The Labute approximate surface area is 370 Å². The molecule has 0 N–H and O–H groups in total. The molecule has 0 saturated carbocycles. The standard InChI is InChI=1S/C60H45N3/c1-8-26-46(27-9-1)53-40-22-23-43-56(53)63(59-54(47-28-10-2-11-29-47)41-24-44-57(59)61(49-32-14-4-15-33-49)50-34-16-5-17-35-50)60-55(48-30-12-3-13-31-48)42-25-45-58(60)62(51-36-18-6-19-37-51)52-38-20-7-21-39-52/h1-45H. The summed E-state index contributed by atoms with van der Waals surface area (Å²) in [6.45, 7) is 0. The van der Waals surface area contributed by atoms with E-state index in [0.717, 1.165) is 84.6 Å². The van der Waals surface area contributed by atoms with Crippen LogP contribution in [0.25, 0.3) is 33.4 Å². The topological polar surface area (TPSA) is 9.72 Å². The second kappa shape index (κ2) is 18.1. The van der Waals surface area contributed by atoms with Crippen LogP contribution in [0.15, 0.2) is 273 Å². The molecule has 0 bridgehead atoms. The average molecular weight is 808 g/mol. The molecule has 0 unspecified atom stereocenters. The summed E-state index contributed by atoms with van der Waals surface area (Å²) in [5.74, 6) is 0. The Kier molecular flexibility index (Phi) is 11.1. The molecule has 0 amide bonds. The molecule has 3 nitrogen and oxygen atoms in total. The summed E-state index contributed by atoms with van der Waals surface area (Å²) in [6, 6.07) is 97.6. The van der Waals surface area contributed by atoms with Gasteiger partial charge < -0.3 is 14.7 Å². The third-order valence-electron chi connectivity index (χ3n) is 11.4. The molecule has 10 rings (SSSR count). The largest absolute Gasteiger partial charge is 0.308 e. The fourth-order valence-electron chi connectivity index (χ4n) is 8.64. The van der Waals surface area contributed by atoms with E-state index in [2.05, 4.69) is 288 Å². The van der Waals surface area contributed by atoms with Crippen LogP contribution >= 0.6 is 0 Å². The first kappa shape index (κ1) is 38.8. The van der Waals surface area contributed by atoms with Gasteiger partial charge in [0.1, 0.15) is 0 Å². The maximum absolute atomic E-state index is 2.55. The number of para-hydroxylation sites is 7. The van der Waals surface area contributed by atoms with Crippen molar-refractivity contribution in [3.05, 3.63) is 273 Å². The minimum atomic E-state index is 1.02. The molecule has 3 heteroatoms. The fourth-order valence-corrected chi connectivity index (χ4v) is 8.64. The summed E-state index contributed by atoms with van der Waals surface area (Å²) >= 11 is 0. The van der Waals surface area contributed by atoms with Crippen LogP contribution in [0.5, 0.6) is 0 Å². The molecule has 0 atom stereocenters. The smallest absolute Gasteiger partial charge is 0.0782 e. The van der Waals surface area contributed by atoms with Crippen LogP contribution in [0.4, 0.5) is 51.2 Å². The van der Waals surface area contributed by atoms with Gasteiger partial charge in [0.25, 0.3) is 0 Å². The van der Waals surface area contributed by atoms with Gasteiger partial charge in [-0.25, -0.2) is 0 Å². The van der Waals surface area contributed by atoms with Crippen LogP contribution in [-0.2, 0) is 0 Å². The van der Waals surface area contributed by atoms with Crippen molar-refractivity contribution in [1.29, 1.82) is 0 Å². The van der Waals surface area contributed by atoms with Gasteiger partial charge in [-0.15, -0.1) is 0 Å². The van der Waals surface area contributed by atoms with E-state index in [-0.39, 0.29) is 0 Å². The van der Waals surface area contributed by atoms with Gasteiger partial charge in [-0.2, -0.15) is 0 Å². The summed E-state index contributed by atoms with van der Waals surface area (Å²) in [7, 11) is 0. The quantitative estimate of drug-likeness (QED) is 0.122. The van der Waals surface area contributed by atoms with E-state index in [9.17, 15) is 0 Å². The van der Waals surface area contributed by atoms with Crippen LogP contribution in [0.2, 0.25) is 0 Å². The fraction of sp³-hybridized carbons (Fsp3) is 0. The van der Waals surface area contributed by atoms with Crippen molar-refractivity contribution in [2.75, 3.05) is 14.7 Å². The lowest BCUT2D eigenvalue weighted by atomic mass is 9.94. The molecule has 0 spiro atoms. The van der Waals surface area contributed by atoms with Crippen molar-refractivity contribution in [3.8, 4) is 33.4 Å². The molecule has 0 radical (unpaired) electrons. The van der Waals surface area contributed by atoms with E-state index >= 15 is 0 Å². The lowest BCUT2D eigenvalue weighted by molar-refractivity contribution is 1.20. The highest BCUT2D eigenvalue weighted by molar-refractivity contribution is 6.07. The summed E-state index contributed by atoms with van der Waals surface area (Å²) < 4.78 is 0. The first-order valence-corrected chi connectivity index (χ1v) is 21.5. The number of hydrogen-bond donors (Lipinski definition) is 0. The Morgan fingerprint density at radius 3 is 0.778 bits per heavy atom. The zero-order valence-electron chi connectivity index (χ0n) is 34.8. The van der Waals surface area contributed by atoms with Crippen molar-refractivity contribution in [2.24, 2.45) is 0 Å². The van der Waals surface area contributed by atoms with Gasteiger partial charge in [-0.3, -0.25) is 0 Å². The van der Waals surface area contributed by atoms with Gasteiger partial charge in [-0.1, -0.05) is 206 Å². The number of anilines is 9. The van der Waals surface area contributed by atoms with Crippen LogP contribution in [-0.4, -0.2) is 0 Å². The molecule has 10 aromatic carbocycles. The molecule has 10 aromatic rings. The number of benzene rings is 10. The molecule has 0 aromatic heterocycles. The van der Waals surface area contributed by atoms with Gasteiger partial charge in [0.05, 0.1) is 28.4 Å². The normalized spacial score (nSPS) is 10.9. The van der Waals surface area contributed by atoms with Gasteiger partial charge in [0.2, 0.25) is 0 Å². The predicted octanol–water partition coefficient (Wildman–Crippen LogP) is 17.1. The van der Waals surface area contributed by atoms with Gasteiger partial charge in [0, 0.05) is 39.4 Å². The van der Waals surface area contributed by atoms with Crippen molar-refractivity contribution in [3.63, 3.8) is 0 Å².